The maximum Gasteiger partial charge on any atom is 0.166 e. The van der Waals surface area contributed by atoms with Gasteiger partial charge in [-0.2, -0.15) is 11.8 Å². The maximum atomic E-state index is 12.2. The van der Waals surface area contributed by atoms with Crippen LogP contribution < -0.4 is 5.32 Å². The second-order valence-corrected chi connectivity index (χ2v) is 8.71. The van der Waals surface area contributed by atoms with Crippen LogP contribution in [0.25, 0.3) is 0 Å². The van der Waals surface area contributed by atoms with Crippen molar-refractivity contribution in [3.05, 3.63) is 0 Å². The lowest BCUT2D eigenvalue weighted by Crippen LogP contribution is -2.54. The molecule has 0 spiro atoms. The summed E-state index contributed by atoms with van der Waals surface area (Å²) in [5.41, 5.74) is 0. The molecular weight excluding hydrogens is 268 g/mol. The summed E-state index contributed by atoms with van der Waals surface area (Å²) in [5.74, 6) is 2.65. The quantitative estimate of drug-likeness (QED) is 0.830. The first-order valence-corrected chi connectivity index (χ1v) is 9.73. The van der Waals surface area contributed by atoms with E-state index in [1.165, 1.54) is 0 Å². The van der Waals surface area contributed by atoms with Crippen molar-refractivity contribution >= 4 is 21.6 Å². The van der Waals surface area contributed by atoms with Gasteiger partial charge in [-0.05, 0) is 12.5 Å². The molecule has 0 aromatic rings. The molecule has 0 bridgehead atoms. The highest BCUT2D eigenvalue weighted by Gasteiger charge is 2.40. The lowest BCUT2D eigenvalue weighted by molar-refractivity contribution is 0.165. The van der Waals surface area contributed by atoms with Crippen molar-refractivity contribution in [1.82, 2.24) is 10.2 Å². The van der Waals surface area contributed by atoms with Crippen LogP contribution in [-0.2, 0) is 9.84 Å². The molecule has 6 heteroatoms. The molecule has 2 saturated heterocycles. The van der Waals surface area contributed by atoms with E-state index in [1.54, 1.807) is 18.7 Å². The van der Waals surface area contributed by atoms with Crippen LogP contribution >= 0.6 is 11.8 Å². The minimum atomic E-state index is -2.96. The summed E-state index contributed by atoms with van der Waals surface area (Å²) in [7, 11) is -2.96. The monoisotopic (exact) mass is 292 g/mol. The topological polar surface area (TPSA) is 49.4 Å². The number of nitrogens with zero attached hydrogens (tertiary/aromatic N) is 1. The van der Waals surface area contributed by atoms with Crippen LogP contribution in [0.3, 0.4) is 0 Å². The summed E-state index contributed by atoms with van der Waals surface area (Å²) < 4.78 is 24.5. The van der Waals surface area contributed by atoms with Crippen molar-refractivity contribution in [2.45, 2.75) is 31.7 Å². The van der Waals surface area contributed by atoms with E-state index in [2.05, 4.69) is 17.1 Å². The second-order valence-electron chi connectivity index (χ2n) is 5.11. The fourth-order valence-corrected chi connectivity index (χ4v) is 6.08. The summed E-state index contributed by atoms with van der Waals surface area (Å²) in [6.45, 7) is 6.85. The summed E-state index contributed by atoms with van der Waals surface area (Å²) in [4.78, 5) is 2.27. The van der Waals surface area contributed by atoms with Crippen molar-refractivity contribution in [1.29, 1.82) is 0 Å². The Balaban J connectivity index is 2.18. The molecule has 0 radical (unpaired) electrons. The van der Waals surface area contributed by atoms with E-state index in [-0.39, 0.29) is 11.1 Å². The van der Waals surface area contributed by atoms with Gasteiger partial charge in [0, 0.05) is 36.4 Å². The zero-order valence-electron chi connectivity index (χ0n) is 11.3. The molecule has 0 aliphatic carbocycles. The highest BCUT2D eigenvalue weighted by Crippen LogP contribution is 2.28. The maximum absolute atomic E-state index is 12.2. The minimum absolute atomic E-state index is 0.256. The zero-order valence-corrected chi connectivity index (χ0v) is 12.9. The molecule has 0 aromatic heterocycles. The lowest BCUT2D eigenvalue weighted by Gasteiger charge is -2.40. The summed E-state index contributed by atoms with van der Waals surface area (Å²) in [6, 6.07) is 0.405. The Hall–Kier alpha value is 0.220. The Labute approximate surface area is 115 Å². The molecule has 3 atom stereocenters. The van der Waals surface area contributed by atoms with Gasteiger partial charge in [-0.15, -0.1) is 0 Å². The van der Waals surface area contributed by atoms with Gasteiger partial charge in [0.15, 0.2) is 9.84 Å². The Bertz CT molecular complexity index is 372. The predicted octanol–water partition coefficient (Wildman–Crippen LogP) is 0.794. The Morgan fingerprint density at radius 2 is 2.11 bits per heavy atom. The largest absolute Gasteiger partial charge is 0.315 e. The summed E-state index contributed by atoms with van der Waals surface area (Å²) in [5, 5.41) is 3.15. The van der Waals surface area contributed by atoms with Crippen LogP contribution in [0.2, 0.25) is 0 Å². The SMILES string of the molecule is CCC1CNCC1N1CCSCC1S(=O)(=O)CC. The fourth-order valence-electron chi connectivity index (χ4n) is 3.00. The number of hydrogen-bond donors (Lipinski definition) is 1. The van der Waals surface area contributed by atoms with E-state index in [4.69, 9.17) is 0 Å². The number of hydrogen-bond acceptors (Lipinski definition) is 5. The fraction of sp³-hybridized carbons (Fsp3) is 1.00. The molecule has 3 unspecified atom stereocenters. The molecule has 4 nitrogen and oxygen atoms in total. The van der Waals surface area contributed by atoms with Gasteiger partial charge in [-0.1, -0.05) is 20.3 Å². The molecule has 2 heterocycles. The van der Waals surface area contributed by atoms with Gasteiger partial charge >= 0.3 is 0 Å². The van der Waals surface area contributed by atoms with Gasteiger partial charge in [0.05, 0.1) is 0 Å². The van der Waals surface area contributed by atoms with E-state index in [1.807, 2.05) is 0 Å². The number of sulfone groups is 1. The van der Waals surface area contributed by atoms with Crippen molar-refractivity contribution < 1.29 is 8.42 Å². The second kappa shape index (κ2) is 6.11. The third-order valence-electron chi connectivity index (χ3n) is 4.20. The molecule has 0 saturated carbocycles. The standard InChI is InChI=1S/C12H24N2O2S2/c1-3-10-7-13-8-11(10)14-5-6-17-9-12(14)18(15,16)4-2/h10-13H,3-9H2,1-2H3. The molecule has 106 valence electrons. The van der Waals surface area contributed by atoms with Crippen LogP contribution in [0, 0.1) is 5.92 Å². The van der Waals surface area contributed by atoms with Crippen LogP contribution in [0.15, 0.2) is 0 Å². The van der Waals surface area contributed by atoms with E-state index < -0.39 is 9.84 Å². The highest BCUT2D eigenvalue weighted by molar-refractivity contribution is 8.01. The van der Waals surface area contributed by atoms with Gasteiger partial charge in [0.1, 0.15) is 5.37 Å². The molecule has 1 N–H and O–H groups in total. The van der Waals surface area contributed by atoms with Crippen LogP contribution in [-0.4, -0.2) is 61.6 Å². The average molecular weight is 292 g/mol. The Kier molecular flexibility index (Phi) is 4.97. The summed E-state index contributed by atoms with van der Waals surface area (Å²) >= 11 is 1.78. The van der Waals surface area contributed by atoms with Crippen molar-refractivity contribution in [2.24, 2.45) is 5.92 Å². The van der Waals surface area contributed by atoms with Crippen LogP contribution in [0.4, 0.5) is 0 Å². The molecule has 2 rings (SSSR count). The van der Waals surface area contributed by atoms with Crippen molar-refractivity contribution in [3.63, 3.8) is 0 Å². The number of thioether (sulfide) groups is 1. The molecule has 18 heavy (non-hydrogen) atoms. The Morgan fingerprint density at radius 1 is 1.33 bits per heavy atom. The third kappa shape index (κ3) is 2.86. The van der Waals surface area contributed by atoms with Crippen LogP contribution in [0.1, 0.15) is 20.3 Å². The highest BCUT2D eigenvalue weighted by atomic mass is 32.2. The normalized spacial score (nSPS) is 34.9. The van der Waals surface area contributed by atoms with E-state index in [0.717, 1.165) is 37.6 Å². The van der Waals surface area contributed by atoms with Gasteiger partial charge < -0.3 is 5.32 Å². The first-order valence-electron chi connectivity index (χ1n) is 6.86. The molecule has 2 aliphatic rings. The van der Waals surface area contributed by atoms with Crippen molar-refractivity contribution in [3.8, 4) is 0 Å². The molecule has 2 fully saturated rings. The predicted molar refractivity (Wildman–Crippen MR) is 77.7 cm³/mol. The number of nitrogens with one attached hydrogen (secondary N) is 1. The number of rotatable bonds is 4. The molecular formula is C12H24N2O2S2. The van der Waals surface area contributed by atoms with Crippen LogP contribution in [0.5, 0.6) is 0 Å². The van der Waals surface area contributed by atoms with Gasteiger partial charge in [-0.25, -0.2) is 8.42 Å². The van der Waals surface area contributed by atoms with Crippen molar-refractivity contribution in [2.75, 3.05) is 36.9 Å². The molecule has 0 amide bonds. The van der Waals surface area contributed by atoms with Gasteiger partial charge in [0.2, 0.25) is 0 Å². The first kappa shape index (κ1) is 14.6. The van der Waals surface area contributed by atoms with E-state index in [0.29, 0.717) is 12.0 Å². The third-order valence-corrected chi connectivity index (χ3v) is 7.50. The lowest BCUT2D eigenvalue weighted by atomic mass is 9.99. The molecule has 2 aliphatic heterocycles. The van der Waals surface area contributed by atoms with E-state index in [9.17, 15) is 8.42 Å². The Morgan fingerprint density at radius 3 is 2.78 bits per heavy atom. The molecule has 0 aromatic carbocycles. The van der Waals surface area contributed by atoms with E-state index >= 15 is 0 Å². The minimum Gasteiger partial charge on any atom is -0.315 e. The van der Waals surface area contributed by atoms with Gasteiger partial charge in [-0.3, -0.25) is 4.90 Å². The zero-order chi connectivity index (χ0) is 13.2. The average Bonchev–Trinajstić information content (AvgIpc) is 2.87. The first-order chi connectivity index (χ1) is 8.60. The summed E-state index contributed by atoms with van der Waals surface area (Å²) in [6.07, 6.45) is 1.13. The smallest absolute Gasteiger partial charge is 0.166 e. The van der Waals surface area contributed by atoms with Gasteiger partial charge in [0.25, 0.3) is 0 Å².